The Labute approximate surface area is 171 Å². The lowest BCUT2D eigenvalue weighted by atomic mass is 9.96. The van der Waals surface area contributed by atoms with Crippen molar-refractivity contribution in [1.82, 2.24) is 9.21 Å². The first-order valence-corrected chi connectivity index (χ1v) is 11.9. The van der Waals surface area contributed by atoms with Gasteiger partial charge in [0.15, 0.2) is 0 Å². The quantitative estimate of drug-likeness (QED) is 0.702. The summed E-state index contributed by atoms with van der Waals surface area (Å²) in [4.78, 5) is 15.1. The highest BCUT2D eigenvalue weighted by molar-refractivity contribution is 7.89. The lowest BCUT2D eigenvalue weighted by Gasteiger charge is -2.35. The molecule has 5 nitrogen and oxygen atoms in total. The van der Waals surface area contributed by atoms with E-state index in [-0.39, 0.29) is 23.6 Å². The van der Waals surface area contributed by atoms with Crippen LogP contribution in [0.5, 0.6) is 0 Å². The maximum Gasteiger partial charge on any atom is 0.227 e. The van der Waals surface area contributed by atoms with Crippen LogP contribution in [0.25, 0.3) is 0 Å². The monoisotopic (exact) mass is 432 g/mol. The van der Waals surface area contributed by atoms with Gasteiger partial charge in [0.05, 0.1) is 27.8 Å². The number of piperidine rings is 1. The van der Waals surface area contributed by atoms with E-state index in [1.807, 2.05) is 24.0 Å². The van der Waals surface area contributed by atoms with Gasteiger partial charge in [0.2, 0.25) is 15.9 Å². The molecular formula is C19H26Cl2N2O3S. The van der Waals surface area contributed by atoms with Gasteiger partial charge in [0, 0.05) is 19.6 Å². The Morgan fingerprint density at radius 3 is 2.59 bits per heavy atom. The van der Waals surface area contributed by atoms with E-state index < -0.39 is 10.0 Å². The number of benzene rings is 1. The van der Waals surface area contributed by atoms with E-state index in [0.717, 1.165) is 31.2 Å². The number of rotatable bonds is 5. The maximum absolute atomic E-state index is 13.2. The third-order valence-electron chi connectivity index (χ3n) is 5.45. The van der Waals surface area contributed by atoms with Crippen LogP contribution in [0.2, 0.25) is 10.0 Å². The smallest absolute Gasteiger partial charge is 0.227 e. The second kappa shape index (κ2) is 8.68. The van der Waals surface area contributed by atoms with Crippen molar-refractivity contribution < 1.29 is 13.2 Å². The fourth-order valence-corrected chi connectivity index (χ4v) is 6.01. The third kappa shape index (κ3) is 4.61. The predicted molar refractivity (Wildman–Crippen MR) is 109 cm³/mol. The fraction of sp³-hybridized carbons (Fsp3) is 0.632. The Morgan fingerprint density at radius 1 is 1.15 bits per heavy atom. The lowest BCUT2D eigenvalue weighted by Crippen LogP contribution is -2.47. The molecule has 27 heavy (non-hydrogen) atoms. The molecule has 2 unspecified atom stereocenters. The van der Waals surface area contributed by atoms with Crippen molar-refractivity contribution in [3.8, 4) is 0 Å². The van der Waals surface area contributed by atoms with Crippen LogP contribution in [0.15, 0.2) is 18.2 Å². The Hall–Kier alpha value is -0.820. The fourth-order valence-electron chi connectivity index (χ4n) is 4.11. The van der Waals surface area contributed by atoms with Crippen LogP contribution in [0.3, 0.4) is 0 Å². The van der Waals surface area contributed by atoms with Crippen molar-refractivity contribution in [1.29, 1.82) is 0 Å². The van der Waals surface area contributed by atoms with E-state index in [9.17, 15) is 13.2 Å². The van der Waals surface area contributed by atoms with Crippen LogP contribution in [-0.2, 0) is 14.8 Å². The minimum absolute atomic E-state index is 0.0186. The van der Waals surface area contributed by atoms with E-state index in [1.54, 1.807) is 6.07 Å². The third-order valence-corrected chi connectivity index (χ3v) is 8.23. The topological polar surface area (TPSA) is 57.7 Å². The number of hydrogen-bond acceptors (Lipinski definition) is 3. The first-order valence-electron chi connectivity index (χ1n) is 9.56. The Kier molecular flexibility index (Phi) is 6.72. The minimum Gasteiger partial charge on any atom is -0.335 e. The molecule has 3 rings (SSSR count). The molecule has 1 aromatic rings. The Bertz CT molecular complexity index is 800. The number of carbonyl (C=O) groups excluding carboxylic acids is 1. The molecule has 2 fully saturated rings. The molecule has 0 spiro atoms. The number of halogens is 2. The standard InChI is InChI=1S/C19H26Cl2N2O3S/c1-2-11-27(25,26)22-9-3-5-15(13-22)19(24)23-10-4-6-18(23)14-7-8-16(20)17(21)12-14/h7-8,12,15,18H,2-6,9-11,13H2,1H3. The number of amides is 1. The highest BCUT2D eigenvalue weighted by atomic mass is 35.5. The van der Waals surface area contributed by atoms with Gasteiger partial charge in [-0.15, -0.1) is 0 Å². The average Bonchev–Trinajstić information content (AvgIpc) is 3.13. The molecule has 1 aromatic carbocycles. The number of likely N-dealkylation sites (tertiary alicyclic amines) is 1. The molecule has 0 aromatic heterocycles. The number of nitrogens with zero attached hydrogens (tertiary/aromatic N) is 2. The van der Waals surface area contributed by atoms with Gasteiger partial charge in [0.25, 0.3) is 0 Å². The Balaban J connectivity index is 1.75. The van der Waals surface area contributed by atoms with E-state index in [1.165, 1.54) is 4.31 Å². The summed E-state index contributed by atoms with van der Waals surface area (Å²) in [5.41, 5.74) is 0.988. The zero-order chi connectivity index (χ0) is 19.6. The maximum atomic E-state index is 13.2. The van der Waals surface area contributed by atoms with Gasteiger partial charge in [-0.2, -0.15) is 0 Å². The zero-order valence-corrected chi connectivity index (χ0v) is 17.9. The SMILES string of the molecule is CCCS(=O)(=O)N1CCCC(C(=O)N2CCCC2c2ccc(Cl)c(Cl)c2)C1. The van der Waals surface area contributed by atoms with Gasteiger partial charge >= 0.3 is 0 Å². The molecule has 2 saturated heterocycles. The van der Waals surface area contributed by atoms with E-state index in [0.29, 0.717) is 36.1 Å². The van der Waals surface area contributed by atoms with Crippen LogP contribution in [0.4, 0.5) is 0 Å². The van der Waals surface area contributed by atoms with Crippen molar-refractivity contribution in [3.05, 3.63) is 33.8 Å². The molecule has 0 aliphatic carbocycles. The second-order valence-electron chi connectivity index (χ2n) is 7.38. The molecule has 2 aliphatic rings. The van der Waals surface area contributed by atoms with Crippen LogP contribution in [0.1, 0.15) is 50.6 Å². The summed E-state index contributed by atoms with van der Waals surface area (Å²) in [7, 11) is -3.27. The zero-order valence-electron chi connectivity index (χ0n) is 15.5. The number of hydrogen-bond donors (Lipinski definition) is 0. The lowest BCUT2D eigenvalue weighted by molar-refractivity contribution is -0.137. The van der Waals surface area contributed by atoms with Crippen molar-refractivity contribution in [2.24, 2.45) is 5.92 Å². The number of carbonyl (C=O) groups is 1. The Morgan fingerprint density at radius 2 is 1.89 bits per heavy atom. The van der Waals surface area contributed by atoms with Gasteiger partial charge < -0.3 is 4.90 Å². The second-order valence-corrected chi connectivity index (χ2v) is 10.3. The van der Waals surface area contributed by atoms with Gasteiger partial charge in [-0.3, -0.25) is 4.79 Å². The number of sulfonamides is 1. The molecular weight excluding hydrogens is 407 g/mol. The highest BCUT2D eigenvalue weighted by Gasteiger charge is 2.38. The molecule has 0 N–H and O–H groups in total. The van der Waals surface area contributed by atoms with Crippen LogP contribution in [-0.4, -0.2) is 48.9 Å². The van der Waals surface area contributed by atoms with Crippen molar-refractivity contribution in [2.75, 3.05) is 25.4 Å². The summed E-state index contributed by atoms with van der Waals surface area (Å²) in [6.07, 6.45) is 3.87. The van der Waals surface area contributed by atoms with Crippen molar-refractivity contribution >= 4 is 39.1 Å². The molecule has 2 atom stereocenters. The normalized spacial score (nSPS) is 24.3. The average molecular weight is 433 g/mol. The molecule has 2 heterocycles. The van der Waals surface area contributed by atoms with Crippen LogP contribution >= 0.6 is 23.2 Å². The molecule has 1 amide bonds. The molecule has 0 bridgehead atoms. The van der Waals surface area contributed by atoms with Crippen molar-refractivity contribution in [3.63, 3.8) is 0 Å². The van der Waals surface area contributed by atoms with Gasteiger partial charge in [0.1, 0.15) is 0 Å². The van der Waals surface area contributed by atoms with E-state index >= 15 is 0 Å². The van der Waals surface area contributed by atoms with Gasteiger partial charge in [-0.1, -0.05) is 36.2 Å². The van der Waals surface area contributed by atoms with E-state index in [2.05, 4.69) is 0 Å². The predicted octanol–water partition coefficient (Wildman–Crippen LogP) is 4.11. The van der Waals surface area contributed by atoms with Gasteiger partial charge in [-0.25, -0.2) is 12.7 Å². The summed E-state index contributed by atoms with van der Waals surface area (Å²) in [5, 5.41) is 0.989. The van der Waals surface area contributed by atoms with Crippen LogP contribution in [0, 0.1) is 5.92 Å². The molecule has 2 aliphatic heterocycles. The summed E-state index contributed by atoms with van der Waals surface area (Å²) < 4.78 is 26.3. The molecule has 0 saturated carbocycles. The summed E-state index contributed by atoms with van der Waals surface area (Å²) in [6, 6.07) is 5.50. The van der Waals surface area contributed by atoms with E-state index in [4.69, 9.17) is 23.2 Å². The minimum atomic E-state index is -3.27. The van der Waals surface area contributed by atoms with Crippen molar-refractivity contribution in [2.45, 2.75) is 45.1 Å². The first kappa shape index (κ1) is 20.9. The van der Waals surface area contributed by atoms with Crippen LogP contribution < -0.4 is 0 Å². The molecule has 150 valence electrons. The molecule has 0 radical (unpaired) electrons. The largest absolute Gasteiger partial charge is 0.335 e. The van der Waals surface area contributed by atoms with Gasteiger partial charge in [-0.05, 0) is 49.8 Å². The first-order chi connectivity index (χ1) is 12.8. The summed E-state index contributed by atoms with van der Waals surface area (Å²) >= 11 is 12.2. The summed E-state index contributed by atoms with van der Waals surface area (Å²) in [6.45, 7) is 3.37. The summed E-state index contributed by atoms with van der Waals surface area (Å²) in [5.74, 6) is -0.0718. The highest BCUT2D eigenvalue weighted by Crippen LogP contribution is 2.36. The molecule has 8 heteroatoms.